The van der Waals surface area contributed by atoms with Crippen molar-refractivity contribution >= 4 is 0 Å². The molecular weight excluding hydrogens is 260 g/mol. The van der Waals surface area contributed by atoms with Crippen molar-refractivity contribution in [3.05, 3.63) is 0 Å². The van der Waals surface area contributed by atoms with Crippen LogP contribution in [0.4, 0.5) is 0 Å². The van der Waals surface area contributed by atoms with Crippen LogP contribution in [0.15, 0.2) is 0 Å². The molecule has 0 aromatic heterocycles. The molecule has 0 aliphatic heterocycles. The first-order valence-corrected chi connectivity index (χ1v) is 9.38. The Kier molecular flexibility index (Phi) is 9.59. The molecule has 2 heteroatoms. The molecule has 1 N–H and O–H groups in total. The Morgan fingerprint density at radius 2 is 1.52 bits per heavy atom. The summed E-state index contributed by atoms with van der Waals surface area (Å²) in [4.78, 5) is 0. The summed E-state index contributed by atoms with van der Waals surface area (Å²) in [5.41, 5.74) is -0.242. The van der Waals surface area contributed by atoms with Gasteiger partial charge in [-0.1, -0.05) is 65.2 Å². The molecule has 1 unspecified atom stereocenters. The van der Waals surface area contributed by atoms with Gasteiger partial charge in [0, 0.05) is 7.11 Å². The third-order valence-corrected chi connectivity index (χ3v) is 5.47. The first-order valence-electron chi connectivity index (χ1n) is 9.38. The Bertz CT molecular complexity index is 244. The first-order chi connectivity index (χ1) is 10.1. The molecule has 0 amide bonds. The Morgan fingerprint density at radius 1 is 1.00 bits per heavy atom. The highest BCUT2D eigenvalue weighted by Crippen LogP contribution is 2.38. The molecule has 1 aliphatic rings. The maximum absolute atomic E-state index is 10.6. The van der Waals surface area contributed by atoms with Gasteiger partial charge < -0.3 is 9.84 Å². The highest BCUT2D eigenvalue weighted by atomic mass is 16.5. The lowest BCUT2D eigenvalue weighted by Gasteiger charge is -2.41. The van der Waals surface area contributed by atoms with Gasteiger partial charge in [0.25, 0.3) is 0 Å². The van der Waals surface area contributed by atoms with Crippen LogP contribution in [-0.4, -0.2) is 23.9 Å². The van der Waals surface area contributed by atoms with E-state index in [9.17, 15) is 5.11 Å². The second-order valence-corrected chi connectivity index (χ2v) is 7.23. The molecule has 21 heavy (non-hydrogen) atoms. The second kappa shape index (κ2) is 10.6. The van der Waals surface area contributed by atoms with Crippen molar-refractivity contribution in [3.8, 4) is 0 Å². The first kappa shape index (κ1) is 19.0. The van der Waals surface area contributed by atoms with Gasteiger partial charge in [-0.2, -0.15) is 0 Å². The van der Waals surface area contributed by atoms with Crippen molar-refractivity contribution < 1.29 is 9.84 Å². The normalized spacial score (nSPS) is 27.7. The number of methoxy groups -OCH3 is 1. The molecular formula is C19H38O2. The maximum Gasteiger partial charge on any atom is 0.0936 e. The number of aliphatic hydroxyl groups is 1. The summed E-state index contributed by atoms with van der Waals surface area (Å²) in [7, 11) is 1.78. The molecule has 0 aromatic carbocycles. The molecule has 0 heterocycles. The summed E-state index contributed by atoms with van der Waals surface area (Å²) >= 11 is 0. The molecule has 1 aliphatic carbocycles. The molecule has 0 bridgehead atoms. The summed E-state index contributed by atoms with van der Waals surface area (Å²) in [6, 6.07) is 0. The van der Waals surface area contributed by atoms with Gasteiger partial charge >= 0.3 is 0 Å². The smallest absolute Gasteiger partial charge is 0.0936 e. The summed E-state index contributed by atoms with van der Waals surface area (Å²) in [6.07, 6.45) is 15.7. The third-order valence-electron chi connectivity index (χ3n) is 5.47. The predicted octanol–water partition coefficient (Wildman–Crippen LogP) is 5.47. The van der Waals surface area contributed by atoms with E-state index in [1.54, 1.807) is 7.11 Å². The zero-order valence-corrected chi connectivity index (χ0v) is 14.7. The van der Waals surface area contributed by atoms with Crippen LogP contribution >= 0.6 is 0 Å². The molecule has 126 valence electrons. The van der Waals surface area contributed by atoms with Crippen LogP contribution in [0.1, 0.15) is 97.3 Å². The van der Waals surface area contributed by atoms with Crippen LogP contribution in [0, 0.1) is 5.92 Å². The van der Waals surface area contributed by atoms with Gasteiger partial charge in [0.05, 0.1) is 11.7 Å². The van der Waals surface area contributed by atoms with E-state index in [2.05, 4.69) is 13.8 Å². The molecule has 1 rings (SSSR count). The number of ether oxygens (including phenoxy) is 1. The molecule has 1 fully saturated rings. The minimum absolute atomic E-state index is 0.242. The second-order valence-electron chi connectivity index (χ2n) is 7.23. The van der Waals surface area contributed by atoms with Crippen LogP contribution in [0.3, 0.4) is 0 Å². The molecule has 0 saturated heterocycles. The minimum Gasteiger partial charge on any atom is -0.390 e. The largest absolute Gasteiger partial charge is 0.390 e. The van der Waals surface area contributed by atoms with E-state index in [1.165, 1.54) is 57.8 Å². The number of rotatable bonds is 11. The number of aliphatic hydroxyl groups excluding tert-OH is 1. The van der Waals surface area contributed by atoms with E-state index in [4.69, 9.17) is 4.74 Å². The fourth-order valence-corrected chi connectivity index (χ4v) is 3.66. The van der Waals surface area contributed by atoms with E-state index in [1.807, 2.05) is 0 Å². The predicted molar refractivity (Wildman–Crippen MR) is 90.6 cm³/mol. The molecule has 0 spiro atoms. The average Bonchev–Trinajstić information content (AvgIpc) is 2.51. The van der Waals surface area contributed by atoms with Crippen molar-refractivity contribution in [2.24, 2.45) is 5.92 Å². The molecule has 1 atom stereocenters. The van der Waals surface area contributed by atoms with E-state index in [0.717, 1.165) is 31.6 Å². The van der Waals surface area contributed by atoms with Crippen LogP contribution in [0.5, 0.6) is 0 Å². The van der Waals surface area contributed by atoms with Gasteiger partial charge in [-0.15, -0.1) is 0 Å². The highest BCUT2D eigenvalue weighted by Gasteiger charge is 2.40. The molecule has 0 radical (unpaired) electrons. The quantitative estimate of drug-likeness (QED) is 0.512. The minimum atomic E-state index is -0.268. The van der Waals surface area contributed by atoms with Crippen molar-refractivity contribution in [1.82, 2.24) is 0 Å². The van der Waals surface area contributed by atoms with Gasteiger partial charge in [-0.25, -0.2) is 0 Å². The molecule has 1 saturated carbocycles. The lowest BCUT2D eigenvalue weighted by Crippen LogP contribution is -2.46. The number of hydrogen-bond acceptors (Lipinski definition) is 2. The van der Waals surface area contributed by atoms with Gasteiger partial charge in [0.15, 0.2) is 0 Å². The zero-order chi connectivity index (χ0) is 15.6. The van der Waals surface area contributed by atoms with E-state index >= 15 is 0 Å². The van der Waals surface area contributed by atoms with Gasteiger partial charge in [-0.3, -0.25) is 0 Å². The maximum atomic E-state index is 10.6. The summed E-state index contributed by atoms with van der Waals surface area (Å²) < 4.78 is 5.76. The van der Waals surface area contributed by atoms with E-state index in [0.29, 0.717) is 0 Å². The lowest BCUT2D eigenvalue weighted by atomic mass is 9.75. The highest BCUT2D eigenvalue weighted by molar-refractivity contribution is 4.92. The summed E-state index contributed by atoms with van der Waals surface area (Å²) in [5.74, 6) is 0.795. The zero-order valence-electron chi connectivity index (χ0n) is 14.7. The van der Waals surface area contributed by atoms with Crippen molar-refractivity contribution in [3.63, 3.8) is 0 Å². The van der Waals surface area contributed by atoms with Crippen LogP contribution < -0.4 is 0 Å². The fraction of sp³-hybridized carbons (Fsp3) is 1.00. The molecule has 0 aromatic rings. The standard InChI is InChI=1S/C19H38O2/c1-4-5-6-7-8-9-10-11-12-18(20)19(21-3)15-13-17(2)14-16-19/h17-18,20H,4-16H2,1-3H3. The Morgan fingerprint density at radius 3 is 2.05 bits per heavy atom. The average molecular weight is 299 g/mol. The van der Waals surface area contributed by atoms with Crippen molar-refractivity contribution in [1.29, 1.82) is 0 Å². The Labute approximate surface area is 132 Å². The Balaban J connectivity index is 2.13. The summed E-state index contributed by atoms with van der Waals surface area (Å²) in [5, 5.41) is 10.6. The topological polar surface area (TPSA) is 29.5 Å². The van der Waals surface area contributed by atoms with Gasteiger partial charge in [-0.05, 0) is 38.0 Å². The van der Waals surface area contributed by atoms with E-state index in [-0.39, 0.29) is 11.7 Å². The third kappa shape index (κ3) is 6.69. The number of hydrogen-bond donors (Lipinski definition) is 1. The van der Waals surface area contributed by atoms with E-state index < -0.39 is 0 Å². The number of unbranched alkanes of at least 4 members (excludes halogenated alkanes) is 7. The lowest BCUT2D eigenvalue weighted by molar-refractivity contribution is -0.130. The van der Waals surface area contributed by atoms with Crippen LogP contribution in [0.25, 0.3) is 0 Å². The van der Waals surface area contributed by atoms with Crippen LogP contribution in [-0.2, 0) is 4.74 Å². The van der Waals surface area contributed by atoms with Crippen LogP contribution in [0.2, 0.25) is 0 Å². The van der Waals surface area contributed by atoms with Gasteiger partial charge in [0.2, 0.25) is 0 Å². The fourth-order valence-electron chi connectivity index (χ4n) is 3.66. The van der Waals surface area contributed by atoms with Crippen molar-refractivity contribution in [2.45, 2.75) is 109 Å². The van der Waals surface area contributed by atoms with Crippen molar-refractivity contribution in [2.75, 3.05) is 7.11 Å². The molecule has 2 nitrogen and oxygen atoms in total. The Hall–Kier alpha value is -0.0800. The summed E-state index contributed by atoms with van der Waals surface area (Å²) in [6.45, 7) is 4.57. The monoisotopic (exact) mass is 298 g/mol. The SMILES string of the molecule is CCCCCCCCCCC(O)C1(OC)CCC(C)CC1. The van der Waals surface area contributed by atoms with Gasteiger partial charge in [0.1, 0.15) is 0 Å².